The van der Waals surface area contributed by atoms with Crippen LogP contribution in [0, 0.1) is 0 Å². The van der Waals surface area contributed by atoms with Crippen LogP contribution < -0.4 is 0 Å². The molecule has 1 saturated heterocycles. The van der Waals surface area contributed by atoms with Gasteiger partial charge in [0.15, 0.2) is 0 Å². The molecule has 0 aromatic heterocycles. The zero-order valence-corrected chi connectivity index (χ0v) is 12.7. The summed E-state index contributed by atoms with van der Waals surface area (Å²) >= 11 is 4.26. The first kappa shape index (κ1) is 14.4. The quantitative estimate of drug-likeness (QED) is 0.837. The smallest absolute Gasteiger partial charge is 0.227 e. The van der Waals surface area contributed by atoms with E-state index in [9.17, 15) is 4.79 Å². The summed E-state index contributed by atoms with van der Waals surface area (Å²) in [5.74, 6) is 0.221. The number of hydrogen-bond acceptors (Lipinski definition) is 3. The van der Waals surface area contributed by atoms with Crippen molar-refractivity contribution in [2.45, 2.75) is 37.2 Å². The highest BCUT2D eigenvalue weighted by Crippen LogP contribution is 2.15. The first-order valence-corrected chi connectivity index (χ1v) is 7.19. The third-order valence-electron chi connectivity index (χ3n) is 4.00. The number of benzene rings is 1. The lowest BCUT2D eigenvalue weighted by Gasteiger charge is -2.42. The predicted octanol–water partition coefficient (Wildman–Crippen LogP) is 2.07. The fraction of sp³-hybridized carbons (Fsp3) is 0.533. The normalized spacial score (nSPS) is 24.5. The molecule has 1 aliphatic rings. The van der Waals surface area contributed by atoms with Crippen LogP contribution in [0.2, 0.25) is 0 Å². The van der Waals surface area contributed by atoms with Gasteiger partial charge in [0.2, 0.25) is 5.91 Å². The number of likely N-dealkylation sites (N-methyl/N-ethyl adjacent to an activating group) is 1. The SMILES string of the molecule is CC1CN(C(=O)Cc2ccc(S)cc2)CC(C)N1C. The van der Waals surface area contributed by atoms with Gasteiger partial charge in [-0.05, 0) is 38.6 Å². The van der Waals surface area contributed by atoms with Crippen LogP contribution in [0.3, 0.4) is 0 Å². The highest BCUT2D eigenvalue weighted by atomic mass is 32.1. The van der Waals surface area contributed by atoms with Gasteiger partial charge in [0.1, 0.15) is 0 Å². The third kappa shape index (κ3) is 3.51. The number of carbonyl (C=O) groups excluding carboxylic acids is 1. The fourth-order valence-electron chi connectivity index (χ4n) is 2.51. The maximum atomic E-state index is 12.3. The molecule has 19 heavy (non-hydrogen) atoms. The minimum atomic E-state index is 0.221. The summed E-state index contributed by atoms with van der Waals surface area (Å²) < 4.78 is 0. The van der Waals surface area contributed by atoms with Crippen molar-refractivity contribution in [3.8, 4) is 0 Å². The molecule has 1 aliphatic heterocycles. The second-order valence-corrected chi connectivity index (χ2v) is 6.02. The van der Waals surface area contributed by atoms with E-state index in [0.717, 1.165) is 23.5 Å². The third-order valence-corrected chi connectivity index (χ3v) is 4.30. The highest BCUT2D eigenvalue weighted by Gasteiger charge is 2.28. The van der Waals surface area contributed by atoms with Crippen LogP contribution in [-0.2, 0) is 11.2 Å². The van der Waals surface area contributed by atoms with Crippen molar-refractivity contribution in [3.05, 3.63) is 29.8 Å². The monoisotopic (exact) mass is 278 g/mol. The van der Waals surface area contributed by atoms with E-state index in [1.165, 1.54) is 0 Å². The van der Waals surface area contributed by atoms with Crippen molar-refractivity contribution in [2.75, 3.05) is 20.1 Å². The van der Waals surface area contributed by atoms with E-state index in [1.54, 1.807) is 0 Å². The molecule has 0 aliphatic carbocycles. The molecule has 4 heteroatoms. The van der Waals surface area contributed by atoms with Gasteiger partial charge in [0.05, 0.1) is 6.42 Å². The molecule has 2 atom stereocenters. The van der Waals surface area contributed by atoms with Gasteiger partial charge in [-0.25, -0.2) is 0 Å². The number of amides is 1. The average Bonchev–Trinajstić information content (AvgIpc) is 2.38. The second kappa shape index (κ2) is 5.97. The Labute approximate surface area is 121 Å². The molecule has 2 unspecified atom stereocenters. The van der Waals surface area contributed by atoms with Gasteiger partial charge < -0.3 is 4.90 Å². The molecule has 1 heterocycles. The number of hydrogen-bond donors (Lipinski definition) is 1. The molecule has 3 nitrogen and oxygen atoms in total. The molecule has 1 aromatic carbocycles. The first-order chi connectivity index (χ1) is 8.97. The average molecular weight is 278 g/mol. The van der Waals surface area contributed by atoms with Crippen molar-refractivity contribution in [2.24, 2.45) is 0 Å². The number of carbonyl (C=O) groups is 1. The maximum Gasteiger partial charge on any atom is 0.227 e. The Hall–Kier alpha value is -1.00. The van der Waals surface area contributed by atoms with Crippen LogP contribution in [0.1, 0.15) is 19.4 Å². The van der Waals surface area contributed by atoms with Crippen molar-refractivity contribution in [1.82, 2.24) is 9.80 Å². The summed E-state index contributed by atoms with van der Waals surface area (Å²) in [6.07, 6.45) is 0.483. The van der Waals surface area contributed by atoms with Crippen LogP contribution in [-0.4, -0.2) is 47.9 Å². The summed E-state index contributed by atoms with van der Waals surface area (Å²) in [6.45, 7) is 5.99. The van der Waals surface area contributed by atoms with Gasteiger partial charge in [-0.15, -0.1) is 12.6 Å². The summed E-state index contributed by atoms with van der Waals surface area (Å²) in [6, 6.07) is 8.66. The van der Waals surface area contributed by atoms with Gasteiger partial charge in [-0.3, -0.25) is 9.69 Å². The largest absolute Gasteiger partial charge is 0.339 e. The van der Waals surface area contributed by atoms with Crippen LogP contribution >= 0.6 is 12.6 Å². The van der Waals surface area contributed by atoms with Crippen molar-refractivity contribution >= 4 is 18.5 Å². The van der Waals surface area contributed by atoms with Crippen LogP contribution in [0.25, 0.3) is 0 Å². The number of nitrogens with zero attached hydrogens (tertiary/aromatic N) is 2. The van der Waals surface area contributed by atoms with Gasteiger partial charge in [0, 0.05) is 30.1 Å². The van der Waals surface area contributed by atoms with E-state index < -0.39 is 0 Å². The molecule has 0 N–H and O–H groups in total. The van der Waals surface area contributed by atoms with Crippen molar-refractivity contribution in [3.63, 3.8) is 0 Å². The summed E-state index contributed by atoms with van der Waals surface area (Å²) in [5, 5.41) is 0. The molecular formula is C15H22N2OS. The van der Waals surface area contributed by atoms with E-state index in [-0.39, 0.29) is 5.91 Å². The van der Waals surface area contributed by atoms with E-state index >= 15 is 0 Å². The Kier molecular flexibility index (Phi) is 4.53. The summed E-state index contributed by atoms with van der Waals surface area (Å²) in [7, 11) is 2.13. The van der Waals surface area contributed by atoms with Gasteiger partial charge >= 0.3 is 0 Å². The lowest BCUT2D eigenvalue weighted by atomic mass is 10.1. The zero-order valence-electron chi connectivity index (χ0n) is 11.8. The first-order valence-electron chi connectivity index (χ1n) is 6.75. The summed E-state index contributed by atoms with van der Waals surface area (Å²) in [4.78, 5) is 17.6. The Morgan fingerprint density at radius 1 is 1.21 bits per heavy atom. The van der Waals surface area contributed by atoms with Gasteiger partial charge in [-0.2, -0.15) is 0 Å². The molecule has 1 fully saturated rings. The highest BCUT2D eigenvalue weighted by molar-refractivity contribution is 7.80. The van der Waals surface area contributed by atoms with Crippen molar-refractivity contribution < 1.29 is 4.79 Å². The Morgan fingerprint density at radius 3 is 2.26 bits per heavy atom. The maximum absolute atomic E-state index is 12.3. The van der Waals surface area contributed by atoms with E-state index in [4.69, 9.17) is 0 Å². The topological polar surface area (TPSA) is 23.6 Å². The molecule has 0 spiro atoms. The zero-order chi connectivity index (χ0) is 14.0. The van der Waals surface area contributed by atoms with E-state index in [1.807, 2.05) is 29.2 Å². The second-order valence-electron chi connectivity index (χ2n) is 5.51. The Morgan fingerprint density at radius 2 is 1.74 bits per heavy atom. The molecule has 0 saturated carbocycles. The minimum absolute atomic E-state index is 0.221. The Balaban J connectivity index is 1.98. The van der Waals surface area contributed by atoms with E-state index in [2.05, 4.69) is 38.4 Å². The lowest BCUT2D eigenvalue weighted by Crippen LogP contribution is -2.56. The fourth-order valence-corrected chi connectivity index (χ4v) is 2.66. The molecule has 1 aromatic rings. The molecular weight excluding hydrogens is 256 g/mol. The van der Waals surface area contributed by atoms with Gasteiger partial charge in [-0.1, -0.05) is 12.1 Å². The predicted molar refractivity (Wildman–Crippen MR) is 80.7 cm³/mol. The standard InChI is InChI=1S/C15H22N2OS/c1-11-9-17(10-12(2)16(11)3)15(18)8-13-4-6-14(19)7-5-13/h4-7,11-12,19H,8-10H2,1-3H3. The Bertz CT molecular complexity index is 434. The van der Waals surface area contributed by atoms with Crippen molar-refractivity contribution in [1.29, 1.82) is 0 Å². The molecule has 1 amide bonds. The minimum Gasteiger partial charge on any atom is -0.339 e. The molecule has 0 bridgehead atoms. The number of thiol groups is 1. The number of piperazine rings is 1. The van der Waals surface area contributed by atoms with Crippen LogP contribution in [0.15, 0.2) is 29.2 Å². The van der Waals surface area contributed by atoms with Crippen LogP contribution in [0.5, 0.6) is 0 Å². The van der Waals surface area contributed by atoms with Crippen LogP contribution in [0.4, 0.5) is 0 Å². The molecule has 2 rings (SSSR count). The number of rotatable bonds is 2. The van der Waals surface area contributed by atoms with Gasteiger partial charge in [0.25, 0.3) is 0 Å². The lowest BCUT2D eigenvalue weighted by molar-refractivity contribution is -0.134. The summed E-state index contributed by atoms with van der Waals surface area (Å²) in [5.41, 5.74) is 1.06. The van der Waals surface area contributed by atoms with E-state index in [0.29, 0.717) is 18.5 Å². The molecule has 0 radical (unpaired) electrons. The molecule has 104 valence electrons.